The molecule has 1 amide bonds. The number of carbonyl (C=O) groups excluding carboxylic acids is 1. The summed E-state index contributed by atoms with van der Waals surface area (Å²) in [4.78, 5) is 23.3. The molecule has 20 heavy (non-hydrogen) atoms. The van der Waals surface area contributed by atoms with Gasteiger partial charge in [-0.1, -0.05) is 0 Å². The summed E-state index contributed by atoms with van der Waals surface area (Å²) in [5.74, 6) is 0.0725. The van der Waals surface area contributed by atoms with E-state index in [1.54, 1.807) is 12.4 Å². The largest absolute Gasteiger partial charge is 0.347 e. The number of nitrogens with zero attached hydrogens (tertiary/aromatic N) is 4. The molecule has 2 aromatic rings. The number of rotatable bonds is 2. The second-order valence-corrected chi connectivity index (χ2v) is 5.25. The lowest BCUT2D eigenvalue weighted by atomic mass is 10.1. The molecule has 3 rings (SSSR count). The Labute approximate surface area is 118 Å². The van der Waals surface area contributed by atoms with Gasteiger partial charge in [-0.25, -0.2) is 0 Å². The molecule has 0 bridgehead atoms. The average Bonchev–Trinajstić information content (AvgIpc) is 3.06. The summed E-state index contributed by atoms with van der Waals surface area (Å²) < 4.78 is 1.86. The lowest BCUT2D eigenvalue weighted by Gasteiger charge is -2.24. The first kappa shape index (κ1) is 12.8. The minimum Gasteiger partial charge on any atom is -0.347 e. The SMILES string of the molecule is Cc1cncc([C@H]2CCCN2C(=O)c2cccn2C)n1. The number of aromatic nitrogens is 3. The maximum Gasteiger partial charge on any atom is 0.271 e. The highest BCUT2D eigenvalue weighted by Gasteiger charge is 2.32. The monoisotopic (exact) mass is 270 g/mol. The van der Waals surface area contributed by atoms with Gasteiger partial charge in [-0.15, -0.1) is 0 Å². The van der Waals surface area contributed by atoms with Gasteiger partial charge in [-0.2, -0.15) is 0 Å². The van der Waals surface area contributed by atoms with Crippen LogP contribution in [0, 0.1) is 6.92 Å². The highest BCUT2D eigenvalue weighted by molar-refractivity contribution is 5.93. The van der Waals surface area contributed by atoms with E-state index in [1.807, 2.05) is 41.8 Å². The van der Waals surface area contributed by atoms with E-state index in [4.69, 9.17) is 0 Å². The topological polar surface area (TPSA) is 51.0 Å². The van der Waals surface area contributed by atoms with E-state index in [1.165, 1.54) is 0 Å². The fourth-order valence-electron chi connectivity index (χ4n) is 2.79. The van der Waals surface area contributed by atoms with Gasteiger partial charge in [0.25, 0.3) is 5.91 Å². The molecule has 1 fully saturated rings. The van der Waals surface area contributed by atoms with E-state index in [2.05, 4.69) is 9.97 Å². The van der Waals surface area contributed by atoms with Crippen LogP contribution < -0.4 is 0 Å². The summed E-state index contributed by atoms with van der Waals surface area (Å²) in [5, 5.41) is 0. The van der Waals surface area contributed by atoms with Gasteiger partial charge in [-0.05, 0) is 31.9 Å². The van der Waals surface area contributed by atoms with Crippen molar-refractivity contribution in [2.75, 3.05) is 6.54 Å². The molecule has 0 N–H and O–H groups in total. The van der Waals surface area contributed by atoms with Crippen molar-refractivity contribution in [2.24, 2.45) is 7.05 Å². The van der Waals surface area contributed by atoms with Gasteiger partial charge in [0.2, 0.25) is 0 Å². The lowest BCUT2D eigenvalue weighted by Crippen LogP contribution is -2.32. The third-order valence-electron chi connectivity index (χ3n) is 3.79. The lowest BCUT2D eigenvalue weighted by molar-refractivity contribution is 0.0723. The molecule has 1 aliphatic heterocycles. The van der Waals surface area contributed by atoms with Crippen LogP contribution in [0.4, 0.5) is 0 Å². The van der Waals surface area contributed by atoms with Crippen molar-refractivity contribution in [1.82, 2.24) is 19.4 Å². The summed E-state index contributed by atoms with van der Waals surface area (Å²) in [6.45, 7) is 2.71. The molecular formula is C15H18N4O. The minimum atomic E-state index is 0.0461. The van der Waals surface area contributed by atoms with Crippen LogP contribution >= 0.6 is 0 Å². The summed E-state index contributed by atoms with van der Waals surface area (Å²) in [5.41, 5.74) is 2.50. The molecule has 5 heteroatoms. The summed E-state index contributed by atoms with van der Waals surface area (Å²) in [6, 6.07) is 3.80. The van der Waals surface area contributed by atoms with Crippen LogP contribution in [-0.2, 0) is 7.05 Å². The molecule has 0 unspecified atom stereocenters. The van der Waals surface area contributed by atoms with Crippen molar-refractivity contribution in [3.05, 3.63) is 47.8 Å². The van der Waals surface area contributed by atoms with Gasteiger partial charge in [0.15, 0.2) is 0 Å². The number of amides is 1. The smallest absolute Gasteiger partial charge is 0.271 e. The van der Waals surface area contributed by atoms with Gasteiger partial charge < -0.3 is 9.47 Å². The van der Waals surface area contributed by atoms with Gasteiger partial charge in [0.05, 0.1) is 23.6 Å². The van der Waals surface area contributed by atoms with Crippen LogP contribution in [0.15, 0.2) is 30.7 Å². The normalized spacial score (nSPS) is 18.5. The van der Waals surface area contributed by atoms with Crippen molar-refractivity contribution in [3.8, 4) is 0 Å². The Morgan fingerprint density at radius 3 is 2.95 bits per heavy atom. The van der Waals surface area contributed by atoms with E-state index in [-0.39, 0.29) is 11.9 Å². The van der Waals surface area contributed by atoms with Crippen LogP contribution in [0.3, 0.4) is 0 Å². The Bertz CT molecular complexity index is 634. The Hall–Kier alpha value is -2.17. The van der Waals surface area contributed by atoms with E-state index in [0.717, 1.165) is 36.5 Å². The molecule has 1 saturated heterocycles. The van der Waals surface area contributed by atoms with Crippen molar-refractivity contribution in [3.63, 3.8) is 0 Å². The Kier molecular flexibility index (Phi) is 3.26. The Morgan fingerprint density at radius 1 is 1.40 bits per heavy atom. The number of carbonyl (C=O) groups is 1. The van der Waals surface area contributed by atoms with Crippen LogP contribution in [0.5, 0.6) is 0 Å². The first-order valence-electron chi connectivity index (χ1n) is 6.87. The number of likely N-dealkylation sites (tertiary alicyclic amines) is 1. The minimum absolute atomic E-state index is 0.0461. The zero-order valence-corrected chi connectivity index (χ0v) is 11.8. The van der Waals surface area contributed by atoms with Crippen molar-refractivity contribution in [1.29, 1.82) is 0 Å². The summed E-state index contributed by atoms with van der Waals surface area (Å²) >= 11 is 0. The summed E-state index contributed by atoms with van der Waals surface area (Å²) in [7, 11) is 1.89. The number of hydrogen-bond acceptors (Lipinski definition) is 3. The molecule has 0 aromatic carbocycles. The predicted molar refractivity (Wildman–Crippen MR) is 75.2 cm³/mol. The number of aryl methyl sites for hydroxylation is 2. The van der Waals surface area contributed by atoms with Gasteiger partial charge in [0, 0.05) is 26.0 Å². The van der Waals surface area contributed by atoms with Crippen LogP contribution in [0.1, 0.15) is 40.8 Å². The second-order valence-electron chi connectivity index (χ2n) is 5.25. The van der Waals surface area contributed by atoms with Crippen molar-refractivity contribution < 1.29 is 4.79 Å². The van der Waals surface area contributed by atoms with Gasteiger partial charge in [-0.3, -0.25) is 14.8 Å². The quantitative estimate of drug-likeness (QED) is 0.839. The van der Waals surface area contributed by atoms with Crippen molar-refractivity contribution >= 4 is 5.91 Å². The summed E-state index contributed by atoms with van der Waals surface area (Å²) in [6.07, 6.45) is 7.37. The van der Waals surface area contributed by atoms with Crippen LogP contribution in [0.2, 0.25) is 0 Å². The van der Waals surface area contributed by atoms with Crippen LogP contribution in [0.25, 0.3) is 0 Å². The van der Waals surface area contributed by atoms with Gasteiger partial charge in [0.1, 0.15) is 5.69 Å². The fraction of sp³-hybridized carbons (Fsp3) is 0.400. The standard InChI is InChI=1S/C15H18N4O/c1-11-9-16-10-12(17-11)13-5-4-8-19(13)15(20)14-6-3-7-18(14)2/h3,6-7,9-10,13H,4-5,8H2,1-2H3/t13-/m1/s1. The molecule has 3 heterocycles. The predicted octanol–water partition coefficient (Wildman–Crippen LogP) is 2.10. The van der Waals surface area contributed by atoms with E-state index in [9.17, 15) is 4.79 Å². The first-order valence-corrected chi connectivity index (χ1v) is 6.87. The zero-order chi connectivity index (χ0) is 14.1. The molecule has 1 atom stereocenters. The maximum absolute atomic E-state index is 12.7. The number of hydrogen-bond donors (Lipinski definition) is 0. The zero-order valence-electron chi connectivity index (χ0n) is 11.8. The van der Waals surface area contributed by atoms with Gasteiger partial charge >= 0.3 is 0 Å². The molecule has 104 valence electrons. The van der Waals surface area contributed by atoms with E-state index in [0.29, 0.717) is 0 Å². The Balaban J connectivity index is 1.90. The third kappa shape index (κ3) is 2.19. The average molecular weight is 270 g/mol. The fourth-order valence-corrected chi connectivity index (χ4v) is 2.79. The van der Waals surface area contributed by atoms with Crippen LogP contribution in [-0.4, -0.2) is 31.9 Å². The third-order valence-corrected chi connectivity index (χ3v) is 3.79. The maximum atomic E-state index is 12.7. The molecule has 0 aliphatic carbocycles. The molecule has 0 radical (unpaired) electrons. The second kappa shape index (κ2) is 5.07. The Morgan fingerprint density at radius 2 is 2.25 bits per heavy atom. The molecule has 5 nitrogen and oxygen atoms in total. The molecule has 1 aliphatic rings. The van der Waals surface area contributed by atoms with E-state index >= 15 is 0 Å². The first-order chi connectivity index (χ1) is 9.66. The highest BCUT2D eigenvalue weighted by Crippen LogP contribution is 2.31. The molecule has 0 saturated carbocycles. The molecule has 2 aromatic heterocycles. The van der Waals surface area contributed by atoms with E-state index < -0.39 is 0 Å². The molecule has 0 spiro atoms. The molecular weight excluding hydrogens is 252 g/mol. The van der Waals surface area contributed by atoms with Crippen molar-refractivity contribution in [2.45, 2.75) is 25.8 Å². The highest BCUT2D eigenvalue weighted by atomic mass is 16.2.